The monoisotopic (exact) mass is 414 g/mol. The maximum Gasteiger partial charge on any atom is 0.245 e. The van der Waals surface area contributed by atoms with Crippen molar-refractivity contribution >= 4 is 28.5 Å². The average Bonchev–Trinajstić information content (AvgIpc) is 3.04. The SMILES string of the molecule is CCCN1C(=O)[C@@H]([C@H](O)c2ccc(OC)c(OCC)c2)SC1=Nc1ccccc1. The van der Waals surface area contributed by atoms with Gasteiger partial charge in [0.25, 0.3) is 0 Å². The highest BCUT2D eigenvalue weighted by Crippen LogP contribution is 2.39. The molecule has 29 heavy (non-hydrogen) atoms. The number of thioether (sulfide) groups is 1. The van der Waals surface area contributed by atoms with Crippen LogP contribution in [-0.4, -0.2) is 46.6 Å². The molecule has 0 bridgehead atoms. The van der Waals surface area contributed by atoms with Gasteiger partial charge < -0.3 is 14.6 Å². The third kappa shape index (κ3) is 4.74. The number of ether oxygens (including phenoxy) is 2. The Morgan fingerprint density at radius 3 is 2.59 bits per heavy atom. The minimum Gasteiger partial charge on any atom is -0.493 e. The molecule has 1 aliphatic rings. The minimum atomic E-state index is -0.986. The molecule has 0 spiro atoms. The standard InChI is InChI=1S/C22H26N2O4S/c1-4-13-24-21(26)20(29-22(24)23-16-9-7-6-8-10-16)19(25)15-11-12-17(27-3)18(14-15)28-5-2/h6-12,14,19-20,25H,4-5,13H2,1-3H3/t19-,20-/m1/s1. The number of carbonyl (C=O) groups is 1. The van der Waals surface area contributed by atoms with Gasteiger partial charge in [-0.3, -0.25) is 9.69 Å². The van der Waals surface area contributed by atoms with Gasteiger partial charge in [0.05, 0.1) is 19.4 Å². The lowest BCUT2D eigenvalue weighted by Crippen LogP contribution is -2.34. The summed E-state index contributed by atoms with van der Waals surface area (Å²) in [6.07, 6.45) is -0.180. The summed E-state index contributed by atoms with van der Waals surface area (Å²) in [4.78, 5) is 19.4. The Kier molecular flexibility index (Phi) is 7.17. The Hall–Kier alpha value is -2.51. The van der Waals surface area contributed by atoms with E-state index in [1.165, 1.54) is 11.8 Å². The van der Waals surface area contributed by atoms with Gasteiger partial charge in [-0.2, -0.15) is 0 Å². The van der Waals surface area contributed by atoms with Crippen molar-refractivity contribution in [3.05, 3.63) is 54.1 Å². The smallest absolute Gasteiger partial charge is 0.245 e. The normalized spacial score (nSPS) is 18.9. The lowest BCUT2D eigenvalue weighted by molar-refractivity contribution is -0.128. The van der Waals surface area contributed by atoms with E-state index in [1.54, 1.807) is 30.2 Å². The highest BCUT2D eigenvalue weighted by atomic mass is 32.2. The maximum atomic E-state index is 13.1. The highest BCUT2D eigenvalue weighted by Gasteiger charge is 2.42. The Balaban J connectivity index is 1.89. The summed E-state index contributed by atoms with van der Waals surface area (Å²) < 4.78 is 10.9. The van der Waals surface area contributed by atoms with E-state index in [9.17, 15) is 9.90 Å². The van der Waals surface area contributed by atoms with Crippen LogP contribution in [0, 0.1) is 0 Å². The first-order valence-electron chi connectivity index (χ1n) is 9.69. The second-order valence-electron chi connectivity index (χ2n) is 6.55. The summed E-state index contributed by atoms with van der Waals surface area (Å²) in [5.74, 6) is 1.01. The Labute approximate surface area is 175 Å². The van der Waals surface area contributed by atoms with Crippen LogP contribution in [0.1, 0.15) is 31.9 Å². The van der Waals surface area contributed by atoms with Crippen molar-refractivity contribution in [1.82, 2.24) is 4.90 Å². The summed E-state index contributed by atoms with van der Waals surface area (Å²) in [5, 5.41) is 11.0. The molecule has 2 atom stereocenters. The largest absolute Gasteiger partial charge is 0.493 e. The maximum absolute atomic E-state index is 13.1. The van der Waals surface area contributed by atoms with Crippen LogP contribution >= 0.6 is 11.8 Å². The molecule has 1 saturated heterocycles. The molecule has 1 N–H and O–H groups in total. The van der Waals surface area contributed by atoms with Crippen LogP contribution in [0.15, 0.2) is 53.5 Å². The summed E-state index contributed by atoms with van der Waals surface area (Å²) in [5.41, 5.74) is 1.39. The minimum absolute atomic E-state index is 0.132. The van der Waals surface area contributed by atoms with E-state index in [0.717, 1.165) is 12.1 Å². The van der Waals surface area contributed by atoms with Gasteiger partial charge in [-0.15, -0.1) is 0 Å². The number of para-hydroxylation sites is 1. The molecule has 1 amide bonds. The van der Waals surface area contributed by atoms with Gasteiger partial charge in [-0.25, -0.2) is 4.99 Å². The van der Waals surface area contributed by atoms with Gasteiger partial charge in [-0.05, 0) is 43.2 Å². The zero-order valence-corrected chi connectivity index (χ0v) is 17.7. The van der Waals surface area contributed by atoms with Crippen LogP contribution < -0.4 is 9.47 Å². The molecular formula is C22H26N2O4S. The number of hydrogen-bond acceptors (Lipinski definition) is 6. The van der Waals surface area contributed by atoms with Gasteiger partial charge in [0.2, 0.25) is 5.91 Å². The number of carbonyl (C=O) groups excluding carboxylic acids is 1. The molecule has 0 saturated carbocycles. The Morgan fingerprint density at radius 2 is 1.93 bits per heavy atom. The third-order valence-corrected chi connectivity index (χ3v) is 5.75. The van der Waals surface area contributed by atoms with Crippen molar-refractivity contribution in [2.45, 2.75) is 31.6 Å². The van der Waals surface area contributed by atoms with Crippen molar-refractivity contribution in [3.8, 4) is 11.5 Å². The van der Waals surface area contributed by atoms with Crippen molar-refractivity contribution in [3.63, 3.8) is 0 Å². The number of methoxy groups -OCH3 is 1. The van der Waals surface area contributed by atoms with Gasteiger partial charge in [0.15, 0.2) is 16.7 Å². The first-order chi connectivity index (χ1) is 14.1. The fourth-order valence-corrected chi connectivity index (χ4v) is 4.33. The number of aliphatic hydroxyl groups is 1. The van der Waals surface area contributed by atoms with E-state index < -0.39 is 11.4 Å². The molecule has 7 heteroatoms. The van der Waals surface area contributed by atoms with Gasteiger partial charge in [0.1, 0.15) is 11.4 Å². The number of nitrogens with zero attached hydrogens (tertiary/aromatic N) is 2. The molecule has 2 aromatic carbocycles. The van der Waals surface area contributed by atoms with Crippen LogP contribution in [0.2, 0.25) is 0 Å². The van der Waals surface area contributed by atoms with Crippen molar-refractivity contribution < 1.29 is 19.4 Å². The van der Waals surface area contributed by atoms with E-state index in [0.29, 0.717) is 35.4 Å². The zero-order chi connectivity index (χ0) is 20.8. The lowest BCUT2D eigenvalue weighted by atomic mass is 10.0. The van der Waals surface area contributed by atoms with E-state index in [4.69, 9.17) is 9.47 Å². The second kappa shape index (κ2) is 9.80. The molecular weight excluding hydrogens is 388 g/mol. The Morgan fingerprint density at radius 1 is 1.17 bits per heavy atom. The van der Waals surface area contributed by atoms with Gasteiger partial charge >= 0.3 is 0 Å². The topological polar surface area (TPSA) is 71.4 Å². The first-order valence-corrected chi connectivity index (χ1v) is 10.6. The number of amides is 1. The predicted octanol–water partition coefficient (Wildman–Crippen LogP) is 4.17. The first kappa shape index (κ1) is 21.2. The fourth-order valence-electron chi connectivity index (χ4n) is 3.12. The quantitative estimate of drug-likeness (QED) is 0.702. The summed E-state index contributed by atoms with van der Waals surface area (Å²) in [6.45, 7) is 4.94. The average molecular weight is 415 g/mol. The molecule has 154 valence electrons. The van der Waals surface area contributed by atoms with E-state index in [1.807, 2.05) is 44.2 Å². The van der Waals surface area contributed by atoms with Crippen LogP contribution in [0.4, 0.5) is 5.69 Å². The van der Waals surface area contributed by atoms with Crippen LogP contribution in [0.25, 0.3) is 0 Å². The predicted molar refractivity (Wildman–Crippen MR) is 116 cm³/mol. The highest BCUT2D eigenvalue weighted by molar-refractivity contribution is 8.15. The number of hydrogen-bond donors (Lipinski definition) is 1. The Bertz CT molecular complexity index is 872. The third-order valence-electron chi connectivity index (χ3n) is 4.52. The molecule has 0 aliphatic carbocycles. The molecule has 2 aromatic rings. The van der Waals surface area contributed by atoms with Gasteiger partial charge in [0, 0.05) is 6.54 Å². The number of aliphatic imine (C=N–C) groups is 1. The number of aliphatic hydroxyl groups excluding tert-OH is 1. The van der Waals surface area contributed by atoms with Gasteiger partial charge in [-0.1, -0.05) is 43.0 Å². The van der Waals surface area contributed by atoms with Crippen LogP contribution in [0.5, 0.6) is 11.5 Å². The number of benzene rings is 2. The van der Waals surface area contributed by atoms with E-state index in [-0.39, 0.29) is 5.91 Å². The van der Waals surface area contributed by atoms with Crippen LogP contribution in [0.3, 0.4) is 0 Å². The van der Waals surface area contributed by atoms with Crippen molar-refractivity contribution in [1.29, 1.82) is 0 Å². The molecule has 0 radical (unpaired) electrons. The van der Waals surface area contributed by atoms with E-state index >= 15 is 0 Å². The molecule has 1 heterocycles. The van der Waals surface area contributed by atoms with Crippen molar-refractivity contribution in [2.75, 3.05) is 20.3 Å². The summed E-state index contributed by atoms with van der Waals surface area (Å²) in [7, 11) is 1.57. The lowest BCUT2D eigenvalue weighted by Gasteiger charge is -2.19. The van der Waals surface area contributed by atoms with E-state index in [2.05, 4.69) is 4.99 Å². The molecule has 0 unspecified atom stereocenters. The molecule has 0 aromatic heterocycles. The summed E-state index contributed by atoms with van der Waals surface area (Å²) in [6, 6.07) is 14.8. The summed E-state index contributed by atoms with van der Waals surface area (Å²) >= 11 is 1.30. The number of rotatable bonds is 8. The molecule has 3 rings (SSSR count). The second-order valence-corrected chi connectivity index (χ2v) is 7.66. The van der Waals surface area contributed by atoms with Crippen LogP contribution in [-0.2, 0) is 4.79 Å². The number of amidine groups is 1. The molecule has 1 fully saturated rings. The molecule has 6 nitrogen and oxygen atoms in total. The fraction of sp³-hybridized carbons (Fsp3) is 0.364. The zero-order valence-electron chi connectivity index (χ0n) is 16.9. The molecule has 1 aliphatic heterocycles. The van der Waals surface area contributed by atoms with Crippen molar-refractivity contribution in [2.24, 2.45) is 4.99 Å².